The summed E-state index contributed by atoms with van der Waals surface area (Å²) < 4.78 is 25.8. The molecule has 0 spiro atoms. The highest BCUT2D eigenvalue weighted by molar-refractivity contribution is 7.89. The Balaban J connectivity index is 2.34. The van der Waals surface area contributed by atoms with E-state index in [1.165, 1.54) is 26.2 Å². The van der Waals surface area contributed by atoms with E-state index >= 15 is 0 Å². The molecule has 1 aliphatic rings. The standard InChI is InChI=1S/C17H24Cl2N2O3S/c1-10-6-5-7-15(11(10)2)20-17(22)12-8-16(14(19)9-13(12)18)25(23,24)21(3)4/h8-11,15H,5-7H2,1-4H3,(H,20,22)/t10-,11+,15-/m1/s1. The molecular formula is C17H24Cl2N2O3S. The van der Waals surface area contributed by atoms with Gasteiger partial charge in [-0.1, -0.05) is 49.9 Å². The monoisotopic (exact) mass is 406 g/mol. The molecule has 140 valence electrons. The molecule has 2 rings (SSSR count). The third kappa shape index (κ3) is 4.30. The fourth-order valence-corrected chi connectivity index (χ4v) is 4.86. The average molecular weight is 407 g/mol. The van der Waals surface area contributed by atoms with Crippen LogP contribution in [0, 0.1) is 11.8 Å². The van der Waals surface area contributed by atoms with Gasteiger partial charge in [0, 0.05) is 20.1 Å². The second kappa shape index (κ2) is 7.82. The first-order valence-corrected chi connectivity index (χ1v) is 10.5. The van der Waals surface area contributed by atoms with Gasteiger partial charge in [0.15, 0.2) is 0 Å². The van der Waals surface area contributed by atoms with Gasteiger partial charge in [0.2, 0.25) is 10.0 Å². The molecule has 1 N–H and O–H groups in total. The lowest BCUT2D eigenvalue weighted by Gasteiger charge is -2.34. The van der Waals surface area contributed by atoms with Crippen LogP contribution < -0.4 is 5.32 Å². The lowest BCUT2D eigenvalue weighted by atomic mass is 9.78. The summed E-state index contributed by atoms with van der Waals surface area (Å²) in [6, 6.07) is 2.62. The first-order valence-electron chi connectivity index (χ1n) is 8.28. The SMILES string of the molecule is C[C@H]1[C@H](C)CCC[C@H]1NC(=O)c1cc(S(=O)(=O)N(C)C)c(Cl)cc1Cl. The van der Waals surface area contributed by atoms with Crippen molar-refractivity contribution in [3.8, 4) is 0 Å². The fourth-order valence-electron chi connectivity index (χ4n) is 3.13. The molecule has 8 heteroatoms. The van der Waals surface area contributed by atoms with Crippen molar-refractivity contribution in [3.63, 3.8) is 0 Å². The molecule has 0 heterocycles. The summed E-state index contributed by atoms with van der Waals surface area (Å²) in [6.07, 6.45) is 3.12. The van der Waals surface area contributed by atoms with Crippen LogP contribution in [-0.4, -0.2) is 38.8 Å². The van der Waals surface area contributed by atoms with Crippen LogP contribution in [0.1, 0.15) is 43.5 Å². The predicted octanol–water partition coefficient (Wildman–Crippen LogP) is 3.80. The van der Waals surface area contributed by atoms with Gasteiger partial charge in [-0.3, -0.25) is 4.79 Å². The molecule has 3 atom stereocenters. The maximum atomic E-state index is 12.7. The molecule has 1 saturated carbocycles. The van der Waals surface area contributed by atoms with Crippen LogP contribution in [0.3, 0.4) is 0 Å². The number of hydrogen-bond donors (Lipinski definition) is 1. The molecule has 0 aliphatic heterocycles. The minimum Gasteiger partial charge on any atom is -0.349 e. The van der Waals surface area contributed by atoms with E-state index in [1.807, 2.05) is 0 Å². The maximum Gasteiger partial charge on any atom is 0.253 e. The molecule has 0 bridgehead atoms. The summed E-state index contributed by atoms with van der Waals surface area (Å²) in [5.41, 5.74) is 0.122. The van der Waals surface area contributed by atoms with Gasteiger partial charge in [-0.25, -0.2) is 12.7 Å². The van der Waals surface area contributed by atoms with Crippen LogP contribution in [-0.2, 0) is 10.0 Å². The number of hydrogen-bond acceptors (Lipinski definition) is 3. The average Bonchev–Trinajstić information content (AvgIpc) is 2.51. The first-order chi connectivity index (χ1) is 11.6. The number of benzene rings is 1. The lowest BCUT2D eigenvalue weighted by Crippen LogP contribution is -2.43. The van der Waals surface area contributed by atoms with E-state index in [1.54, 1.807) is 0 Å². The van der Waals surface area contributed by atoms with E-state index in [4.69, 9.17) is 23.2 Å². The molecule has 1 fully saturated rings. The van der Waals surface area contributed by atoms with Crippen LogP contribution in [0.25, 0.3) is 0 Å². The Hall–Kier alpha value is -0.820. The molecule has 1 aliphatic carbocycles. The summed E-state index contributed by atoms with van der Waals surface area (Å²) >= 11 is 12.2. The van der Waals surface area contributed by atoms with Crippen molar-refractivity contribution in [2.45, 2.75) is 44.0 Å². The van der Waals surface area contributed by atoms with Crippen molar-refractivity contribution in [2.75, 3.05) is 14.1 Å². The minimum absolute atomic E-state index is 0.00472. The molecule has 0 unspecified atom stereocenters. The zero-order valence-electron chi connectivity index (χ0n) is 14.8. The highest BCUT2D eigenvalue weighted by Crippen LogP contribution is 2.32. The van der Waals surface area contributed by atoms with Crippen molar-refractivity contribution < 1.29 is 13.2 Å². The second-order valence-corrected chi connectivity index (χ2v) is 9.83. The first kappa shape index (κ1) is 20.5. The summed E-state index contributed by atoms with van der Waals surface area (Å²) in [5.74, 6) is 0.515. The van der Waals surface area contributed by atoms with E-state index in [-0.39, 0.29) is 32.5 Å². The van der Waals surface area contributed by atoms with Crippen molar-refractivity contribution >= 4 is 39.1 Å². The van der Waals surface area contributed by atoms with Crippen LogP contribution >= 0.6 is 23.2 Å². The molecule has 0 aromatic heterocycles. The fraction of sp³-hybridized carbons (Fsp3) is 0.588. The molecule has 0 radical (unpaired) electrons. The Kier molecular flexibility index (Phi) is 6.41. The van der Waals surface area contributed by atoms with Crippen LogP contribution in [0.4, 0.5) is 0 Å². The zero-order chi connectivity index (χ0) is 18.9. The molecule has 1 aromatic rings. The number of halogens is 2. The second-order valence-electron chi connectivity index (χ2n) is 6.90. The van der Waals surface area contributed by atoms with E-state index < -0.39 is 10.0 Å². The quantitative estimate of drug-likeness (QED) is 0.826. The predicted molar refractivity (Wildman–Crippen MR) is 101 cm³/mol. The van der Waals surface area contributed by atoms with Crippen molar-refractivity contribution in [1.29, 1.82) is 0 Å². The van der Waals surface area contributed by atoms with E-state index in [9.17, 15) is 13.2 Å². The van der Waals surface area contributed by atoms with Gasteiger partial charge in [-0.15, -0.1) is 0 Å². The molecule has 25 heavy (non-hydrogen) atoms. The van der Waals surface area contributed by atoms with Gasteiger partial charge in [-0.05, 0) is 30.4 Å². The molecule has 1 aromatic carbocycles. The molecule has 0 saturated heterocycles. The topological polar surface area (TPSA) is 66.5 Å². The Labute approximate surface area is 159 Å². The number of rotatable bonds is 4. The van der Waals surface area contributed by atoms with Crippen molar-refractivity contribution in [1.82, 2.24) is 9.62 Å². The van der Waals surface area contributed by atoms with Crippen molar-refractivity contribution in [2.24, 2.45) is 11.8 Å². The molecule has 1 amide bonds. The number of amides is 1. The van der Waals surface area contributed by atoms with E-state index in [0.29, 0.717) is 11.8 Å². The lowest BCUT2D eigenvalue weighted by molar-refractivity contribution is 0.0891. The number of sulfonamides is 1. The zero-order valence-corrected chi connectivity index (χ0v) is 17.2. The Morgan fingerprint density at radius 1 is 1.16 bits per heavy atom. The number of nitrogens with zero attached hydrogens (tertiary/aromatic N) is 1. The largest absolute Gasteiger partial charge is 0.349 e. The van der Waals surface area contributed by atoms with Gasteiger partial charge in [0.05, 0.1) is 15.6 Å². The van der Waals surface area contributed by atoms with E-state index in [2.05, 4.69) is 19.2 Å². The number of nitrogens with one attached hydrogen (secondary N) is 1. The third-order valence-corrected chi connectivity index (χ3v) is 7.64. The number of carbonyl (C=O) groups is 1. The van der Waals surface area contributed by atoms with Gasteiger partial charge >= 0.3 is 0 Å². The van der Waals surface area contributed by atoms with Crippen molar-refractivity contribution in [3.05, 3.63) is 27.7 Å². The smallest absolute Gasteiger partial charge is 0.253 e. The highest BCUT2D eigenvalue weighted by Gasteiger charge is 2.30. The Morgan fingerprint density at radius 2 is 1.80 bits per heavy atom. The highest BCUT2D eigenvalue weighted by atomic mass is 35.5. The van der Waals surface area contributed by atoms with E-state index in [0.717, 1.165) is 23.6 Å². The summed E-state index contributed by atoms with van der Waals surface area (Å²) in [5, 5.41) is 3.14. The van der Waals surface area contributed by atoms with Gasteiger partial charge in [0.1, 0.15) is 4.90 Å². The Morgan fingerprint density at radius 3 is 2.40 bits per heavy atom. The molecule has 5 nitrogen and oxygen atoms in total. The minimum atomic E-state index is -3.77. The van der Waals surface area contributed by atoms with Gasteiger partial charge in [-0.2, -0.15) is 0 Å². The van der Waals surface area contributed by atoms with Gasteiger partial charge in [0.25, 0.3) is 5.91 Å². The summed E-state index contributed by atoms with van der Waals surface area (Å²) in [7, 11) is -0.955. The Bertz CT molecular complexity index is 765. The summed E-state index contributed by atoms with van der Waals surface area (Å²) in [6.45, 7) is 4.31. The van der Waals surface area contributed by atoms with Crippen LogP contribution in [0.2, 0.25) is 10.0 Å². The number of carbonyl (C=O) groups excluding carboxylic acids is 1. The molecular weight excluding hydrogens is 383 g/mol. The van der Waals surface area contributed by atoms with Gasteiger partial charge < -0.3 is 5.32 Å². The van der Waals surface area contributed by atoms with Crippen LogP contribution in [0.5, 0.6) is 0 Å². The summed E-state index contributed by atoms with van der Waals surface area (Å²) in [4.78, 5) is 12.6. The third-order valence-electron chi connectivity index (χ3n) is 5.05. The maximum absolute atomic E-state index is 12.7. The van der Waals surface area contributed by atoms with Crippen LogP contribution in [0.15, 0.2) is 17.0 Å². The normalized spacial score (nSPS) is 24.4.